The van der Waals surface area contributed by atoms with E-state index in [-0.39, 0.29) is 0 Å². The highest BCUT2D eigenvalue weighted by Gasteiger charge is 2.07. The van der Waals surface area contributed by atoms with Gasteiger partial charge in [0, 0.05) is 22.1 Å². The third-order valence-electron chi connectivity index (χ3n) is 2.36. The molecular formula is C12H13BrN2. The Morgan fingerprint density at radius 1 is 1.20 bits per heavy atom. The lowest BCUT2D eigenvalue weighted by Crippen LogP contribution is -1.99. The van der Waals surface area contributed by atoms with E-state index < -0.39 is 0 Å². The summed E-state index contributed by atoms with van der Waals surface area (Å²) in [6.07, 6.45) is 3.78. The van der Waals surface area contributed by atoms with Crippen LogP contribution in [0, 0.1) is 0 Å². The summed E-state index contributed by atoms with van der Waals surface area (Å²) in [6.45, 7) is 4.35. The van der Waals surface area contributed by atoms with E-state index in [2.05, 4.69) is 51.5 Å². The zero-order chi connectivity index (χ0) is 10.8. The third kappa shape index (κ3) is 2.12. The zero-order valence-corrected chi connectivity index (χ0v) is 10.4. The van der Waals surface area contributed by atoms with Gasteiger partial charge in [0.15, 0.2) is 0 Å². The summed E-state index contributed by atoms with van der Waals surface area (Å²) >= 11 is 3.43. The van der Waals surface area contributed by atoms with Gasteiger partial charge in [0.1, 0.15) is 0 Å². The molecule has 0 spiro atoms. The van der Waals surface area contributed by atoms with Gasteiger partial charge in [0.05, 0.1) is 6.33 Å². The maximum absolute atomic E-state index is 4.19. The van der Waals surface area contributed by atoms with Crippen LogP contribution in [0.3, 0.4) is 0 Å². The number of aromatic nitrogens is 2. The maximum Gasteiger partial charge on any atom is 0.0994 e. The maximum atomic E-state index is 4.19. The number of nitrogens with zero attached hydrogens (tertiary/aromatic N) is 2. The molecule has 3 heteroatoms. The van der Waals surface area contributed by atoms with Crippen LogP contribution in [0.25, 0.3) is 5.69 Å². The van der Waals surface area contributed by atoms with Gasteiger partial charge < -0.3 is 4.57 Å². The van der Waals surface area contributed by atoms with Crippen LogP contribution in [0.2, 0.25) is 0 Å². The standard InChI is InChI=1S/C12H13BrN2/c1-9(2)12-7-14-8-15(12)11-5-3-10(13)4-6-11/h3-9H,1-2H3. The monoisotopic (exact) mass is 264 g/mol. The van der Waals surface area contributed by atoms with Crippen LogP contribution >= 0.6 is 15.9 Å². The first kappa shape index (κ1) is 10.4. The molecular weight excluding hydrogens is 252 g/mol. The summed E-state index contributed by atoms with van der Waals surface area (Å²) in [7, 11) is 0. The molecule has 1 aromatic carbocycles. The Morgan fingerprint density at radius 2 is 1.87 bits per heavy atom. The molecule has 0 aliphatic rings. The average molecular weight is 265 g/mol. The minimum Gasteiger partial charge on any atom is -0.303 e. The molecule has 0 fully saturated rings. The molecule has 15 heavy (non-hydrogen) atoms. The predicted octanol–water partition coefficient (Wildman–Crippen LogP) is 3.76. The van der Waals surface area contributed by atoms with Crippen LogP contribution in [-0.2, 0) is 0 Å². The van der Waals surface area contributed by atoms with Crippen molar-refractivity contribution >= 4 is 15.9 Å². The van der Waals surface area contributed by atoms with Crippen LogP contribution < -0.4 is 0 Å². The summed E-state index contributed by atoms with van der Waals surface area (Å²) < 4.78 is 3.22. The smallest absolute Gasteiger partial charge is 0.0994 e. The normalized spacial score (nSPS) is 10.9. The third-order valence-corrected chi connectivity index (χ3v) is 2.89. The van der Waals surface area contributed by atoms with Gasteiger partial charge >= 0.3 is 0 Å². The summed E-state index contributed by atoms with van der Waals surface area (Å²) in [5, 5.41) is 0. The van der Waals surface area contributed by atoms with Crippen molar-refractivity contribution in [1.29, 1.82) is 0 Å². The molecule has 2 aromatic rings. The molecule has 0 atom stereocenters. The molecule has 0 bridgehead atoms. The van der Waals surface area contributed by atoms with Gasteiger partial charge in [-0.05, 0) is 30.2 Å². The Hall–Kier alpha value is -1.09. The molecule has 0 aliphatic carbocycles. The van der Waals surface area contributed by atoms with Crippen molar-refractivity contribution in [1.82, 2.24) is 9.55 Å². The highest BCUT2D eigenvalue weighted by molar-refractivity contribution is 9.10. The second-order valence-corrected chi connectivity index (χ2v) is 4.74. The van der Waals surface area contributed by atoms with Gasteiger partial charge in [0.25, 0.3) is 0 Å². The summed E-state index contributed by atoms with van der Waals surface area (Å²) in [5.74, 6) is 0.483. The Balaban J connectivity index is 2.45. The van der Waals surface area contributed by atoms with Crippen LogP contribution in [0.4, 0.5) is 0 Å². The van der Waals surface area contributed by atoms with E-state index in [1.807, 2.05) is 24.7 Å². The van der Waals surface area contributed by atoms with E-state index >= 15 is 0 Å². The Labute approximate surface area is 98.1 Å². The summed E-state index contributed by atoms with van der Waals surface area (Å²) in [4.78, 5) is 4.19. The van der Waals surface area contributed by atoms with Crippen molar-refractivity contribution in [2.24, 2.45) is 0 Å². The van der Waals surface area contributed by atoms with Gasteiger partial charge in [0.2, 0.25) is 0 Å². The quantitative estimate of drug-likeness (QED) is 0.808. The Bertz CT molecular complexity index is 443. The van der Waals surface area contributed by atoms with Crippen LogP contribution in [0.5, 0.6) is 0 Å². The number of hydrogen-bond donors (Lipinski definition) is 0. The van der Waals surface area contributed by atoms with Crippen molar-refractivity contribution in [3.05, 3.63) is 47.0 Å². The fourth-order valence-electron chi connectivity index (χ4n) is 1.55. The van der Waals surface area contributed by atoms with Gasteiger partial charge in [-0.3, -0.25) is 0 Å². The minimum absolute atomic E-state index is 0.483. The lowest BCUT2D eigenvalue weighted by atomic mass is 10.1. The number of imidazole rings is 1. The molecule has 0 N–H and O–H groups in total. The molecule has 1 heterocycles. The molecule has 0 amide bonds. The number of halogens is 1. The largest absolute Gasteiger partial charge is 0.303 e. The Kier molecular flexibility index (Phi) is 2.91. The molecule has 0 saturated heterocycles. The second kappa shape index (κ2) is 4.19. The summed E-state index contributed by atoms with van der Waals surface area (Å²) in [5.41, 5.74) is 2.39. The predicted molar refractivity (Wildman–Crippen MR) is 65.4 cm³/mol. The fourth-order valence-corrected chi connectivity index (χ4v) is 1.81. The van der Waals surface area contributed by atoms with Crippen molar-refractivity contribution in [2.75, 3.05) is 0 Å². The fraction of sp³-hybridized carbons (Fsp3) is 0.250. The van der Waals surface area contributed by atoms with Crippen molar-refractivity contribution < 1.29 is 0 Å². The van der Waals surface area contributed by atoms with Crippen molar-refractivity contribution in [2.45, 2.75) is 19.8 Å². The van der Waals surface area contributed by atoms with E-state index in [0.29, 0.717) is 5.92 Å². The van der Waals surface area contributed by atoms with Crippen LogP contribution in [0.15, 0.2) is 41.3 Å². The highest BCUT2D eigenvalue weighted by Crippen LogP contribution is 2.20. The van der Waals surface area contributed by atoms with Crippen molar-refractivity contribution in [3.63, 3.8) is 0 Å². The van der Waals surface area contributed by atoms with E-state index in [1.165, 1.54) is 5.69 Å². The SMILES string of the molecule is CC(C)c1cncn1-c1ccc(Br)cc1. The molecule has 2 nitrogen and oxygen atoms in total. The topological polar surface area (TPSA) is 17.8 Å². The molecule has 0 saturated carbocycles. The first-order valence-electron chi connectivity index (χ1n) is 4.96. The second-order valence-electron chi connectivity index (χ2n) is 3.82. The molecule has 0 radical (unpaired) electrons. The molecule has 0 aliphatic heterocycles. The van der Waals surface area contributed by atoms with Crippen LogP contribution in [-0.4, -0.2) is 9.55 Å². The van der Waals surface area contributed by atoms with E-state index in [9.17, 15) is 0 Å². The van der Waals surface area contributed by atoms with E-state index in [1.54, 1.807) is 0 Å². The van der Waals surface area contributed by atoms with E-state index in [0.717, 1.165) is 10.2 Å². The van der Waals surface area contributed by atoms with Gasteiger partial charge in [-0.15, -0.1) is 0 Å². The lowest BCUT2D eigenvalue weighted by Gasteiger charge is -2.10. The first-order chi connectivity index (χ1) is 7.18. The average Bonchev–Trinajstić information content (AvgIpc) is 2.67. The minimum atomic E-state index is 0.483. The van der Waals surface area contributed by atoms with E-state index in [4.69, 9.17) is 0 Å². The molecule has 2 rings (SSSR count). The highest BCUT2D eigenvalue weighted by atomic mass is 79.9. The summed E-state index contributed by atoms with van der Waals surface area (Å²) in [6, 6.07) is 8.24. The molecule has 0 unspecified atom stereocenters. The number of rotatable bonds is 2. The number of hydrogen-bond acceptors (Lipinski definition) is 1. The zero-order valence-electron chi connectivity index (χ0n) is 8.81. The lowest BCUT2D eigenvalue weighted by molar-refractivity contribution is 0.787. The number of benzene rings is 1. The molecule has 1 aromatic heterocycles. The Morgan fingerprint density at radius 3 is 2.47 bits per heavy atom. The van der Waals surface area contributed by atoms with Gasteiger partial charge in [-0.2, -0.15) is 0 Å². The molecule has 78 valence electrons. The van der Waals surface area contributed by atoms with Gasteiger partial charge in [-0.25, -0.2) is 4.98 Å². The van der Waals surface area contributed by atoms with Crippen molar-refractivity contribution in [3.8, 4) is 5.69 Å². The first-order valence-corrected chi connectivity index (χ1v) is 5.76. The van der Waals surface area contributed by atoms with Gasteiger partial charge in [-0.1, -0.05) is 29.8 Å². The van der Waals surface area contributed by atoms with Crippen LogP contribution in [0.1, 0.15) is 25.5 Å².